The van der Waals surface area contributed by atoms with Crippen LogP contribution in [0.1, 0.15) is 62.6 Å². The highest BCUT2D eigenvalue weighted by molar-refractivity contribution is 5.96. The van der Waals surface area contributed by atoms with Crippen LogP contribution in [0.2, 0.25) is 0 Å². The van der Waals surface area contributed by atoms with Gasteiger partial charge in [-0.15, -0.1) is 0 Å². The molecule has 2 aliphatic carbocycles. The molecule has 0 amide bonds. The van der Waals surface area contributed by atoms with E-state index < -0.39 is 0 Å². The second-order valence-electron chi connectivity index (χ2n) is 9.55. The number of aryl methyl sites for hydroxylation is 1. The van der Waals surface area contributed by atoms with Crippen molar-refractivity contribution in [2.24, 2.45) is 5.92 Å². The molecule has 0 spiro atoms. The monoisotopic (exact) mass is 423 g/mol. The number of aromatic nitrogens is 1. The zero-order chi connectivity index (χ0) is 21.0. The molecule has 1 N–H and O–H groups in total. The number of methoxy groups -OCH3 is 1. The van der Waals surface area contributed by atoms with Gasteiger partial charge < -0.3 is 19.7 Å². The first-order valence-electron chi connectivity index (χ1n) is 12.4. The van der Waals surface area contributed by atoms with Crippen molar-refractivity contribution in [3.05, 3.63) is 23.4 Å². The van der Waals surface area contributed by atoms with Crippen LogP contribution in [0.5, 0.6) is 11.5 Å². The van der Waals surface area contributed by atoms with E-state index in [0.717, 1.165) is 61.9 Å². The Morgan fingerprint density at radius 2 is 1.94 bits per heavy atom. The maximum absolute atomic E-state index is 6.18. The lowest BCUT2D eigenvalue weighted by molar-refractivity contribution is 0.254. The fourth-order valence-electron chi connectivity index (χ4n) is 5.40. The van der Waals surface area contributed by atoms with E-state index in [1.54, 1.807) is 7.11 Å². The molecule has 3 aliphatic rings. The van der Waals surface area contributed by atoms with Gasteiger partial charge in [-0.1, -0.05) is 19.3 Å². The summed E-state index contributed by atoms with van der Waals surface area (Å²) in [5.74, 6) is 2.56. The number of fused-ring (bicyclic) bond motifs is 2. The quantitative estimate of drug-likeness (QED) is 0.532. The molecule has 2 heterocycles. The minimum Gasteiger partial charge on any atom is -0.493 e. The first-order valence-corrected chi connectivity index (χ1v) is 12.4. The van der Waals surface area contributed by atoms with Crippen molar-refractivity contribution in [3.8, 4) is 11.5 Å². The number of hydrogen-bond acceptors (Lipinski definition) is 5. The summed E-state index contributed by atoms with van der Waals surface area (Å²) in [5, 5.41) is 4.98. The van der Waals surface area contributed by atoms with Crippen LogP contribution >= 0.6 is 0 Å². The summed E-state index contributed by atoms with van der Waals surface area (Å²) in [5.41, 5.74) is 5.00. The number of pyridine rings is 1. The van der Waals surface area contributed by atoms with E-state index in [0.29, 0.717) is 0 Å². The lowest BCUT2D eigenvalue weighted by Crippen LogP contribution is -2.21. The largest absolute Gasteiger partial charge is 0.493 e. The van der Waals surface area contributed by atoms with Crippen LogP contribution < -0.4 is 14.8 Å². The van der Waals surface area contributed by atoms with Crippen LogP contribution in [0.15, 0.2) is 12.1 Å². The Bertz CT molecular complexity index is 903. The van der Waals surface area contributed by atoms with Crippen LogP contribution in [-0.4, -0.2) is 49.8 Å². The summed E-state index contributed by atoms with van der Waals surface area (Å²) < 4.78 is 11.9. The number of benzene rings is 1. The van der Waals surface area contributed by atoms with Crippen molar-refractivity contribution in [2.75, 3.05) is 45.2 Å². The predicted molar refractivity (Wildman–Crippen MR) is 127 cm³/mol. The highest BCUT2D eigenvalue weighted by atomic mass is 16.5. The zero-order valence-corrected chi connectivity index (χ0v) is 19.0. The van der Waals surface area contributed by atoms with Crippen molar-refractivity contribution in [2.45, 2.75) is 64.2 Å². The van der Waals surface area contributed by atoms with Crippen LogP contribution in [0.25, 0.3) is 10.9 Å². The average molecular weight is 424 g/mol. The second-order valence-corrected chi connectivity index (χ2v) is 9.55. The van der Waals surface area contributed by atoms with Crippen LogP contribution in [0, 0.1) is 5.92 Å². The van der Waals surface area contributed by atoms with Crippen molar-refractivity contribution in [1.82, 2.24) is 9.88 Å². The van der Waals surface area contributed by atoms with E-state index in [1.165, 1.54) is 80.4 Å². The molecule has 5 rings (SSSR count). The number of hydrogen-bond donors (Lipinski definition) is 1. The first kappa shape index (κ1) is 20.9. The van der Waals surface area contributed by atoms with E-state index in [1.807, 2.05) is 0 Å². The van der Waals surface area contributed by atoms with Crippen LogP contribution in [-0.2, 0) is 12.8 Å². The van der Waals surface area contributed by atoms with E-state index in [4.69, 9.17) is 14.5 Å². The molecule has 0 radical (unpaired) electrons. The van der Waals surface area contributed by atoms with Crippen LogP contribution in [0.4, 0.5) is 5.69 Å². The van der Waals surface area contributed by atoms with Gasteiger partial charge in [-0.2, -0.15) is 0 Å². The molecular weight excluding hydrogens is 386 g/mol. The smallest absolute Gasteiger partial charge is 0.163 e. The third-order valence-corrected chi connectivity index (χ3v) is 7.45. The highest BCUT2D eigenvalue weighted by Crippen LogP contribution is 2.40. The topological polar surface area (TPSA) is 46.6 Å². The molecule has 1 aliphatic heterocycles. The summed E-state index contributed by atoms with van der Waals surface area (Å²) in [7, 11) is 1.74. The van der Waals surface area contributed by atoms with Gasteiger partial charge in [0.05, 0.1) is 19.2 Å². The molecule has 0 unspecified atom stereocenters. The van der Waals surface area contributed by atoms with E-state index >= 15 is 0 Å². The SMILES string of the molecule is COc1cc2c(NCCC3CCC3)c3c(nc2cc1OCCCN1CCCC1)CCC3. The Morgan fingerprint density at radius 1 is 1.06 bits per heavy atom. The molecule has 168 valence electrons. The minimum absolute atomic E-state index is 0.718. The average Bonchev–Trinajstić information content (AvgIpc) is 3.43. The van der Waals surface area contributed by atoms with E-state index in [-0.39, 0.29) is 0 Å². The summed E-state index contributed by atoms with van der Waals surface area (Å²) in [6.45, 7) is 5.37. The molecule has 2 fully saturated rings. The van der Waals surface area contributed by atoms with Gasteiger partial charge in [0.15, 0.2) is 11.5 Å². The Labute approximate surface area is 186 Å². The number of anilines is 1. The minimum atomic E-state index is 0.718. The van der Waals surface area contributed by atoms with E-state index in [9.17, 15) is 0 Å². The summed E-state index contributed by atoms with van der Waals surface area (Å²) in [6.07, 6.45) is 12.6. The van der Waals surface area contributed by atoms with Crippen molar-refractivity contribution >= 4 is 16.6 Å². The molecule has 1 aromatic carbocycles. The number of ether oxygens (including phenoxy) is 2. The zero-order valence-electron chi connectivity index (χ0n) is 19.0. The molecule has 5 nitrogen and oxygen atoms in total. The maximum Gasteiger partial charge on any atom is 0.163 e. The molecule has 0 atom stereocenters. The number of rotatable bonds is 10. The molecule has 1 saturated carbocycles. The Morgan fingerprint density at radius 3 is 2.71 bits per heavy atom. The van der Waals surface area contributed by atoms with Gasteiger partial charge in [-0.3, -0.25) is 4.98 Å². The third-order valence-electron chi connectivity index (χ3n) is 7.45. The van der Waals surface area contributed by atoms with Gasteiger partial charge in [-0.05, 0) is 75.6 Å². The van der Waals surface area contributed by atoms with Gasteiger partial charge in [0.1, 0.15) is 0 Å². The van der Waals surface area contributed by atoms with Gasteiger partial charge in [0.25, 0.3) is 0 Å². The molecular formula is C26H37N3O2. The Balaban J connectivity index is 1.33. The molecule has 0 bridgehead atoms. The number of nitrogens with zero attached hydrogens (tertiary/aromatic N) is 2. The lowest BCUT2D eigenvalue weighted by atomic mass is 9.83. The Kier molecular flexibility index (Phi) is 6.49. The Hall–Kier alpha value is -2.01. The fourth-order valence-corrected chi connectivity index (χ4v) is 5.40. The fraction of sp³-hybridized carbons (Fsp3) is 0.654. The summed E-state index contributed by atoms with van der Waals surface area (Å²) in [6, 6.07) is 4.24. The first-order chi connectivity index (χ1) is 15.3. The van der Waals surface area contributed by atoms with Gasteiger partial charge >= 0.3 is 0 Å². The molecule has 31 heavy (non-hydrogen) atoms. The molecule has 5 heteroatoms. The predicted octanol–water partition coefficient (Wildman–Crippen LogP) is 5.20. The summed E-state index contributed by atoms with van der Waals surface area (Å²) >= 11 is 0. The van der Waals surface area contributed by atoms with Gasteiger partial charge in [0.2, 0.25) is 0 Å². The number of likely N-dealkylation sites (tertiary alicyclic amines) is 1. The van der Waals surface area contributed by atoms with Crippen molar-refractivity contribution < 1.29 is 9.47 Å². The number of nitrogens with one attached hydrogen (secondary N) is 1. The van der Waals surface area contributed by atoms with Gasteiger partial charge in [-0.25, -0.2) is 0 Å². The normalized spacial score (nSPS) is 18.9. The third kappa shape index (κ3) is 4.62. The highest BCUT2D eigenvalue weighted by Gasteiger charge is 2.22. The molecule has 2 aromatic rings. The van der Waals surface area contributed by atoms with Crippen LogP contribution in [0.3, 0.4) is 0 Å². The standard InChI is InChI=1S/C26H37N3O2/c1-30-24-17-21-23(18-25(24)31-16-6-15-29-13-2-3-14-29)28-22-10-5-9-20(22)26(21)27-12-11-19-7-4-8-19/h17-19H,2-16H2,1H3,(H,27,28). The molecule has 1 saturated heterocycles. The lowest BCUT2D eigenvalue weighted by Gasteiger charge is -2.26. The molecule has 1 aromatic heterocycles. The van der Waals surface area contributed by atoms with Gasteiger partial charge in [0, 0.05) is 35.9 Å². The second kappa shape index (κ2) is 9.64. The van der Waals surface area contributed by atoms with E-state index in [2.05, 4.69) is 22.3 Å². The van der Waals surface area contributed by atoms with Crippen molar-refractivity contribution in [3.63, 3.8) is 0 Å². The van der Waals surface area contributed by atoms with Crippen molar-refractivity contribution in [1.29, 1.82) is 0 Å². The summed E-state index contributed by atoms with van der Waals surface area (Å²) in [4.78, 5) is 7.57. The maximum atomic E-state index is 6.18.